The van der Waals surface area contributed by atoms with Crippen LogP contribution in [0.4, 0.5) is 0 Å². The summed E-state index contributed by atoms with van der Waals surface area (Å²) < 4.78 is 16.8. The van der Waals surface area contributed by atoms with Crippen LogP contribution in [0.5, 0.6) is 0 Å². The Labute approximate surface area is 486 Å². The van der Waals surface area contributed by atoms with Gasteiger partial charge in [-0.1, -0.05) is 327 Å². The maximum Gasteiger partial charge on any atom is 0.306 e. The molecule has 0 fully saturated rings. The van der Waals surface area contributed by atoms with Crippen LogP contribution in [0.1, 0.15) is 387 Å². The predicted molar refractivity (Wildman–Crippen MR) is 339 cm³/mol. The molecule has 1 atom stereocenters. The van der Waals surface area contributed by atoms with Crippen molar-refractivity contribution in [3.63, 3.8) is 0 Å². The first-order valence-electron chi connectivity index (χ1n) is 35.0. The van der Waals surface area contributed by atoms with E-state index in [0.717, 1.165) is 64.2 Å². The largest absolute Gasteiger partial charge is 0.462 e. The zero-order valence-corrected chi connectivity index (χ0v) is 52.7. The van der Waals surface area contributed by atoms with Crippen LogP contribution >= 0.6 is 0 Å². The second kappa shape index (κ2) is 67.1. The van der Waals surface area contributed by atoms with Gasteiger partial charge in [-0.25, -0.2) is 0 Å². The van der Waals surface area contributed by atoms with Gasteiger partial charge in [0.25, 0.3) is 0 Å². The Bertz CT molecular complexity index is 1300. The van der Waals surface area contributed by atoms with Gasteiger partial charge < -0.3 is 14.2 Å². The lowest BCUT2D eigenvalue weighted by atomic mass is 10.0. The number of hydrogen-bond donors (Lipinski definition) is 0. The highest BCUT2D eigenvalue weighted by atomic mass is 16.6. The van der Waals surface area contributed by atoms with Gasteiger partial charge in [0.2, 0.25) is 0 Å². The lowest BCUT2D eigenvalue weighted by Gasteiger charge is -2.18. The first-order valence-corrected chi connectivity index (χ1v) is 35.0. The van der Waals surface area contributed by atoms with Gasteiger partial charge in [-0.15, -0.1) is 0 Å². The summed E-state index contributed by atoms with van der Waals surface area (Å²) in [5, 5.41) is 0. The van der Waals surface area contributed by atoms with Crippen molar-refractivity contribution in [3.8, 4) is 0 Å². The number of unbranched alkanes of at least 4 members (excludes halogenated alkanes) is 48. The van der Waals surface area contributed by atoms with Gasteiger partial charge in [0.05, 0.1) is 0 Å². The molecule has 0 spiro atoms. The summed E-state index contributed by atoms with van der Waals surface area (Å²) in [6.07, 6.45) is 83.7. The Kier molecular flexibility index (Phi) is 65.1. The predicted octanol–water partition coefficient (Wildman–Crippen LogP) is 23.9. The molecule has 0 heterocycles. The maximum absolute atomic E-state index is 12.9. The molecule has 458 valence electrons. The van der Waals surface area contributed by atoms with E-state index in [-0.39, 0.29) is 31.1 Å². The molecular formula is C72H134O6. The fraction of sp³-hybridized carbons (Fsp3) is 0.875. The highest BCUT2D eigenvalue weighted by molar-refractivity contribution is 5.71. The highest BCUT2D eigenvalue weighted by Gasteiger charge is 2.19. The second-order valence-corrected chi connectivity index (χ2v) is 23.8. The van der Waals surface area contributed by atoms with Gasteiger partial charge in [-0.05, 0) is 77.0 Å². The van der Waals surface area contributed by atoms with Crippen LogP contribution in [0.25, 0.3) is 0 Å². The molecule has 0 aromatic carbocycles. The molecule has 0 aromatic heterocycles. The number of hydrogen-bond acceptors (Lipinski definition) is 6. The van der Waals surface area contributed by atoms with Gasteiger partial charge in [0.1, 0.15) is 13.2 Å². The maximum atomic E-state index is 12.9. The van der Waals surface area contributed by atoms with Gasteiger partial charge in [0.15, 0.2) is 6.10 Å². The van der Waals surface area contributed by atoms with E-state index < -0.39 is 6.10 Å². The van der Waals surface area contributed by atoms with E-state index in [1.54, 1.807) is 0 Å². The number of allylic oxidation sites excluding steroid dienone is 6. The van der Waals surface area contributed by atoms with Gasteiger partial charge in [-0.2, -0.15) is 0 Å². The molecular weight excluding hydrogens is 961 g/mol. The normalized spacial score (nSPS) is 12.2. The van der Waals surface area contributed by atoms with Crippen molar-refractivity contribution in [2.75, 3.05) is 13.2 Å². The van der Waals surface area contributed by atoms with E-state index >= 15 is 0 Å². The summed E-state index contributed by atoms with van der Waals surface area (Å²) in [5.41, 5.74) is 0. The lowest BCUT2D eigenvalue weighted by Crippen LogP contribution is -2.30. The van der Waals surface area contributed by atoms with Gasteiger partial charge in [-0.3, -0.25) is 14.4 Å². The molecule has 0 aliphatic rings. The molecule has 1 unspecified atom stereocenters. The second-order valence-electron chi connectivity index (χ2n) is 23.8. The summed E-state index contributed by atoms with van der Waals surface area (Å²) in [6.45, 7) is 6.63. The third-order valence-corrected chi connectivity index (χ3v) is 15.9. The minimum Gasteiger partial charge on any atom is -0.462 e. The number of carbonyl (C=O) groups is 3. The molecule has 6 nitrogen and oxygen atoms in total. The van der Waals surface area contributed by atoms with Crippen molar-refractivity contribution in [1.82, 2.24) is 0 Å². The highest BCUT2D eigenvalue weighted by Crippen LogP contribution is 2.18. The van der Waals surface area contributed by atoms with Crippen molar-refractivity contribution in [2.45, 2.75) is 393 Å². The summed E-state index contributed by atoms with van der Waals surface area (Å²) in [7, 11) is 0. The van der Waals surface area contributed by atoms with Crippen molar-refractivity contribution in [1.29, 1.82) is 0 Å². The fourth-order valence-corrected chi connectivity index (χ4v) is 10.6. The Morgan fingerprint density at radius 3 is 0.718 bits per heavy atom. The van der Waals surface area contributed by atoms with Crippen LogP contribution in [0.2, 0.25) is 0 Å². The van der Waals surface area contributed by atoms with E-state index in [9.17, 15) is 14.4 Å². The minimum absolute atomic E-state index is 0.0678. The Morgan fingerprint density at radius 2 is 0.462 bits per heavy atom. The summed E-state index contributed by atoms with van der Waals surface area (Å²) in [5.74, 6) is -0.855. The molecule has 0 saturated heterocycles. The monoisotopic (exact) mass is 1100 g/mol. The molecule has 0 aromatic rings. The smallest absolute Gasteiger partial charge is 0.306 e. The van der Waals surface area contributed by atoms with Crippen LogP contribution in [-0.2, 0) is 28.6 Å². The molecule has 0 aliphatic carbocycles. The molecule has 0 bridgehead atoms. The summed E-state index contributed by atoms with van der Waals surface area (Å²) >= 11 is 0. The quantitative estimate of drug-likeness (QED) is 0.0261. The molecule has 0 N–H and O–H groups in total. The first-order chi connectivity index (χ1) is 38.5. The van der Waals surface area contributed by atoms with Crippen molar-refractivity contribution < 1.29 is 28.6 Å². The van der Waals surface area contributed by atoms with E-state index in [2.05, 4.69) is 57.2 Å². The molecule has 0 rings (SSSR count). The zero-order valence-electron chi connectivity index (χ0n) is 52.7. The average Bonchev–Trinajstić information content (AvgIpc) is 3.44. The van der Waals surface area contributed by atoms with Gasteiger partial charge in [0, 0.05) is 19.3 Å². The van der Waals surface area contributed by atoms with Crippen molar-refractivity contribution in [3.05, 3.63) is 36.5 Å². The van der Waals surface area contributed by atoms with E-state index in [4.69, 9.17) is 14.2 Å². The summed E-state index contributed by atoms with van der Waals surface area (Å²) in [4.78, 5) is 38.1. The first kappa shape index (κ1) is 75.6. The topological polar surface area (TPSA) is 78.9 Å². The van der Waals surface area contributed by atoms with Crippen LogP contribution in [0, 0.1) is 0 Å². The Morgan fingerprint density at radius 1 is 0.256 bits per heavy atom. The SMILES string of the molecule is CCCCCCC/C=C\C/C=C\CCCCCCCCCCCCCCCCCCCCCCCC(=O)OCC(COC(=O)CCCCCCCC)OC(=O)CCCCCCCCCCC/C=C\CCCCCCCCCC. The Hall–Kier alpha value is -2.37. The van der Waals surface area contributed by atoms with E-state index in [0.29, 0.717) is 19.3 Å². The molecule has 78 heavy (non-hydrogen) atoms. The summed E-state index contributed by atoms with van der Waals surface area (Å²) in [6, 6.07) is 0. The number of ether oxygens (including phenoxy) is 3. The lowest BCUT2D eigenvalue weighted by molar-refractivity contribution is -0.167. The van der Waals surface area contributed by atoms with Crippen LogP contribution in [0.3, 0.4) is 0 Å². The molecule has 6 heteroatoms. The van der Waals surface area contributed by atoms with Crippen LogP contribution in [-0.4, -0.2) is 37.2 Å². The van der Waals surface area contributed by atoms with E-state index in [1.807, 2.05) is 0 Å². The molecule has 0 radical (unpaired) electrons. The number of esters is 3. The number of carbonyl (C=O) groups excluding carboxylic acids is 3. The molecule has 0 saturated carbocycles. The van der Waals surface area contributed by atoms with Crippen LogP contribution < -0.4 is 0 Å². The number of rotatable bonds is 65. The molecule has 0 amide bonds. The Balaban J connectivity index is 3.94. The van der Waals surface area contributed by atoms with Crippen LogP contribution in [0.15, 0.2) is 36.5 Å². The molecule has 0 aliphatic heterocycles. The van der Waals surface area contributed by atoms with Gasteiger partial charge >= 0.3 is 17.9 Å². The van der Waals surface area contributed by atoms with Crippen molar-refractivity contribution in [2.24, 2.45) is 0 Å². The van der Waals surface area contributed by atoms with E-state index in [1.165, 1.54) is 283 Å². The van der Waals surface area contributed by atoms with Crippen molar-refractivity contribution >= 4 is 17.9 Å². The third kappa shape index (κ3) is 64.5. The third-order valence-electron chi connectivity index (χ3n) is 15.9. The average molecular weight is 1100 g/mol. The minimum atomic E-state index is -0.768. The standard InChI is InChI=1S/C72H134O6/c1-4-7-10-13-16-18-20-22-24-26-28-30-31-32-33-34-35-36-37-38-39-40-41-43-44-46-48-50-52-54-56-59-62-65-71(74)77-68-69(67-76-70(73)64-61-58-15-12-9-6-3)78-72(75)66-63-60-57-55-53-51-49-47-45-42-29-27-25-23-21-19-17-14-11-8-5-2/h20,22,26-29,69H,4-19,21,23-25,30-68H2,1-3H3/b22-20-,28-26-,29-27-. The fourth-order valence-electron chi connectivity index (χ4n) is 10.6. The zero-order chi connectivity index (χ0) is 56.4.